The van der Waals surface area contributed by atoms with Crippen molar-refractivity contribution in [2.24, 2.45) is 0 Å². The van der Waals surface area contributed by atoms with Gasteiger partial charge in [-0.1, -0.05) is 12.1 Å². The minimum atomic E-state index is -0.544. The molecule has 1 amide bonds. The fourth-order valence-electron chi connectivity index (χ4n) is 3.48. The summed E-state index contributed by atoms with van der Waals surface area (Å²) in [6, 6.07) is 11.9. The van der Waals surface area contributed by atoms with Crippen molar-refractivity contribution < 1.29 is 18.8 Å². The molecule has 9 nitrogen and oxygen atoms in total. The van der Waals surface area contributed by atoms with E-state index in [1.54, 1.807) is 18.3 Å². The number of hydrogen-bond donors (Lipinski definition) is 1. The van der Waals surface area contributed by atoms with Crippen LogP contribution in [0.4, 0.5) is 15.8 Å². The molecule has 0 aliphatic carbocycles. The number of nitrogens with one attached hydrogen (secondary N) is 1. The van der Waals surface area contributed by atoms with Crippen LogP contribution in [0.5, 0.6) is 5.75 Å². The van der Waals surface area contributed by atoms with Gasteiger partial charge in [0.1, 0.15) is 18.1 Å². The second kappa shape index (κ2) is 8.42. The molecular formula is C22H18FN5O4. The van der Waals surface area contributed by atoms with Crippen molar-refractivity contribution in [3.63, 3.8) is 0 Å². The van der Waals surface area contributed by atoms with Crippen LogP contribution in [0.15, 0.2) is 54.7 Å². The van der Waals surface area contributed by atoms with E-state index in [1.165, 1.54) is 42.1 Å². The number of carbonyl (C=O) groups is 1. The third kappa shape index (κ3) is 3.97. The molecule has 10 heteroatoms. The Hall–Kier alpha value is -4.34. The molecule has 0 bridgehead atoms. The summed E-state index contributed by atoms with van der Waals surface area (Å²) in [7, 11) is 1.36. The van der Waals surface area contributed by atoms with E-state index < -0.39 is 10.8 Å². The molecule has 0 unspecified atom stereocenters. The number of hydrogen-bond acceptors (Lipinski definition) is 6. The van der Waals surface area contributed by atoms with Gasteiger partial charge in [-0.25, -0.2) is 14.1 Å². The van der Waals surface area contributed by atoms with Gasteiger partial charge in [-0.15, -0.1) is 0 Å². The van der Waals surface area contributed by atoms with E-state index in [-0.39, 0.29) is 23.8 Å². The van der Waals surface area contributed by atoms with Gasteiger partial charge in [0.25, 0.3) is 5.69 Å². The first-order valence-electron chi connectivity index (χ1n) is 9.57. The van der Waals surface area contributed by atoms with Gasteiger partial charge < -0.3 is 10.1 Å². The minimum absolute atomic E-state index is 0.135. The Kier molecular flexibility index (Phi) is 5.50. The van der Waals surface area contributed by atoms with Crippen molar-refractivity contribution in [2.45, 2.75) is 13.5 Å². The summed E-state index contributed by atoms with van der Waals surface area (Å²) in [6.45, 7) is 1.68. The average molecular weight is 435 g/mol. The predicted octanol–water partition coefficient (Wildman–Crippen LogP) is 4.10. The van der Waals surface area contributed by atoms with Gasteiger partial charge in [-0.2, -0.15) is 5.10 Å². The number of aryl methyl sites for hydroxylation is 1. The number of rotatable bonds is 6. The highest BCUT2D eigenvalue weighted by atomic mass is 19.1. The van der Waals surface area contributed by atoms with Crippen LogP contribution in [0, 0.1) is 22.9 Å². The number of benzene rings is 2. The number of pyridine rings is 1. The largest absolute Gasteiger partial charge is 0.494 e. The Morgan fingerprint density at radius 2 is 1.97 bits per heavy atom. The average Bonchev–Trinajstić information content (AvgIpc) is 3.09. The summed E-state index contributed by atoms with van der Waals surface area (Å²) in [5.74, 6) is -0.564. The van der Waals surface area contributed by atoms with Gasteiger partial charge in [0.2, 0.25) is 5.91 Å². The maximum atomic E-state index is 13.3. The molecule has 162 valence electrons. The van der Waals surface area contributed by atoms with E-state index in [0.29, 0.717) is 17.0 Å². The summed E-state index contributed by atoms with van der Waals surface area (Å²) in [5, 5.41) is 18.8. The number of aromatic nitrogens is 3. The zero-order chi connectivity index (χ0) is 22.8. The molecule has 1 N–H and O–H groups in total. The number of non-ortho nitro benzene ring substituents is 1. The number of anilines is 1. The molecule has 2 heterocycles. The van der Waals surface area contributed by atoms with Gasteiger partial charge in [0, 0.05) is 17.6 Å². The van der Waals surface area contributed by atoms with Crippen molar-refractivity contribution in [3.05, 3.63) is 76.4 Å². The zero-order valence-electron chi connectivity index (χ0n) is 17.2. The van der Waals surface area contributed by atoms with E-state index >= 15 is 0 Å². The second-order valence-electron chi connectivity index (χ2n) is 7.00. The van der Waals surface area contributed by atoms with E-state index in [0.717, 1.165) is 16.5 Å². The Balaban J connectivity index is 1.63. The van der Waals surface area contributed by atoms with Crippen LogP contribution in [-0.2, 0) is 11.3 Å². The fourth-order valence-corrected chi connectivity index (χ4v) is 3.48. The Bertz CT molecular complexity index is 1330. The van der Waals surface area contributed by atoms with Gasteiger partial charge in [0.05, 0.1) is 29.5 Å². The highest BCUT2D eigenvalue weighted by Gasteiger charge is 2.18. The van der Waals surface area contributed by atoms with Crippen molar-refractivity contribution in [3.8, 4) is 16.9 Å². The first-order valence-corrected chi connectivity index (χ1v) is 9.57. The summed E-state index contributed by atoms with van der Waals surface area (Å²) >= 11 is 0. The van der Waals surface area contributed by atoms with E-state index in [2.05, 4.69) is 15.4 Å². The smallest absolute Gasteiger partial charge is 0.273 e. The molecular weight excluding hydrogens is 417 g/mol. The molecule has 0 saturated carbocycles. The normalized spacial score (nSPS) is 10.8. The summed E-state index contributed by atoms with van der Waals surface area (Å²) in [6.07, 6.45) is 1.61. The van der Waals surface area contributed by atoms with Gasteiger partial charge in [-0.05, 0) is 42.3 Å². The Morgan fingerprint density at radius 1 is 1.22 bits per heavy atom. The number of amides is 1. The van der Waals surface area contributed by atoms with E-state index in [9.17, 15) is 19.3 Å². The third-order valence-corrected chi connectivity index (χ3v) is 4.93. The standard InChI is InChI=1S/C22H18FN5O4/c1-13-21-17(14-3-5-15(23)6-4-14)9-10-24-22(21)27(26-13)12-20(29)25-18-8-7-16(28(30)31)11-19(18)32-2/h3-11H,12H2,1-2H3,(H,25,29). The van der Waals surface area contributed by atoms with Crippen LogP contribution in [0.25, 0.3) is 22.2 Å². The van der Waals surface area contributed by atoms with Crippen molar-refractivity contribution in [1.82, 2.24) is 14.8 Å². The van der Waals surface area contributed by atoms with Crippen LogP contribution in [0.2, 0.25) is 0 Å². The quantitative estimate of drug-likeness (QED) is 0.360. The van der Waals surface area contributed by atoms with Crippen LogP contribution in [0.1, 0.15) is 5.69 Å². The number of nitro benzene ring substituents is 1. The second-order valence-corrected chi connectivity index (χ2v) is 7.00. The Morgan fingerprint density at radius 3 is 2.66 bits per heavy atom. The molecule has 32 heavy (non-hydrogen) atoms. The fraction of sp³-hybridized carbons (Fsp3) is 0.136. The molecule has 0 radical (unpaired) electrons. The predicted molar refractivity (Wildman–Crippen MR) is 116 cm³/mol. The van der Waals surface area contributed by atoms with Gasteiger partial charge >= 0.3 is 0 Å². The SMILES string of the molecule is COc1cc([N+](=O)[O-])ccc1NC(=O)Cn1nc(C)c2c(-c3ccc(F)cc3)ccnc21. The molecule has 0 saturated heterocycles. The molecule has 0 aliphatic rings. The minimum Gasteiger partial charge on any atom is -0.494 e. The van der Waals surface area contributed by atoms with Gasteiger partial charge in [0.15, 0.2) is 5.65 Å². The van der Waals surface area contributed by atoms with Crippen molar-refractivity contribution >= 4 is 28.3 Å². The molecule has 0 fully saturated rings. The summed E-state index contributed by atoms with van der Waals surface area (Å²) < 4.78 is 20.0. The maximum absolute atomic E-state index is 13.3. The zero-order valence-corrected chi connectivity index (χ0v) is 17.2. The number of fused-ring (bicyclic) bond motifs is 1. The molecule has 4 rings (SSSR count). The molecule has 0 spiro atoms. The number of halogens is 1. The van der Waals surface area contributed by atoms with E-state index in [4.69, 9.17) is 4.74 Å². The maximum Gasteiger partial charge on any atom is 0.273 e. The van der Waals surface area contributed by atoms with Crippen LogP contribution in [-0.4, -0.2) is 32.7 Å². The first-order chi connectivity index (χ1) is 15.4. The van der Waals surface area contributed by atoms with Gasteiger partial charge in [-0.3, -0.25) is 14.9 Å². The Labute approximate surface area is 181 Å². The van der Waals surface area contributed by atoms with Crippen molar-refractivity contribution in [2.75, 3.05) is 12.4 Å². The lowest BCUT2D eigenvalue weighted by Gasteiger charge is -2.10. The topological polar surface area (TPSA) is 112 Å². The summed E-state index contributed by atoms with van der Waals surface area (Å²) in [4.78, 5) is 27.5. The molecule has 0 aliphatic heterocycles. The molecule has 4 aromatic rings. The number of nitro groups is 1. The lowest BCUT2D eigenvalue weighted by atomic mass is 10.0. The lowest BCUT2D eigenvalue weighted by molar-refractivity contribution is -0.384. The molecule has 2 aromatic heterocycles. The van der Waals surface area contributed by atoms with E-state index in [1.807, 2.05) is 13.0 Å². The number of methoxy groups -OCH3 is 1. The lowest BCUT2D eigenvalue weighted by Crippen LogP contribution is -2.20. The van der Waals surface area contributed by atoms with Crippen molar-refractivity contribution in [1.29, 1.82) is 0 Å². The monoisotopic (exact) mass is 435 g/mol. The third-order valence-electron chi connectivity index (χ3n) is 4.93. The highest BCUT2D eigenvalue weighted by molar-refractivity contribution is 5.96. The van der Waals surface area contributed by atoms with Crippen LogP contribution >= 0.6 is 0 Å². The first kappa shape index (κ1) is 20.9. The highest BCUT2D eigenvalue weighted by Crippen LogP contribution is 2.31. The molecule has 0 atom stereocenters. The van der Waals surface area contributed by atoms with Crippen LogP contribution in [0.3, 0.4) is 0 Å². The molecule has 2 aromatic carbocycles. The van der Waals surface area contributed by atoms with Crippen LogP contribution < -0.4 is 10.1 Å². The number of nitrogens with zero attached hydrogens (tertiary/aromatic N) is 4. The number of ether oxygens (including phenoxy) is 1. The summed E-state index contributed by atoms with van der Waals surface area (Å²) in [5.41, 5.74) is 2.98. The number of carbonyl (C=O) groups excluding carboxylic acids is 1.